The standard InChI is InChI=1S/C23H19N/c1-3-8-18(9-4-1)19-13-15-21(16-14-19)23(22-12-7-17-24-22)20-10-5-2-6-11-20/h1-17,23-24H. The van der Waals surface area contributed by atoms with E-state index in [1.807, 2.05) is 6.20 Å². The molecule has 4 rings (SSSR count). The molecule has 0 spiro atoms. The van der Waals surface area contributed by atoms with Crippen LogP contribution in [0.2, 0.25) is 0 Å². The maximum Gasteiger partial charge on any atom is 0.0490 e. The molecule has 1 heteroatoms. The minimum absolute atomic E-state index is 0.228. The first-order chi connectivity index (χ1) is 11.9. The highest BCUT2D eigenvalue weighted by atomic mass is 14.7. The average Bonchev–Trinajstić information content (AvgIpc) is 3.18. The van der Waals surface area contributed by atoms with Crippen LogP contribution in [-0.2, 0) is 0 Å². The summed E-state index contributed by atoms with van der Waals surface area (Å²) in [6.07, 6.45) is 1.99. The lowest BCUT2D eigenvalue weighted by atomic mass is 9.88. The Hall–Kier alpha value is -3.06. The maximum absolute atomic E-state index is 3.38. The van der Waals surface area contributed by atoms with Gasteiger partial charge in [0.1, 0.15) is 0 Å². The van der Waals surface area contributed by atoms with E-state index in [9.17, 15) is 0 Å². The van der Waals surface area contributed by atoms with Crippen molar-refractivity contribution in [3.63, 3.8) is 0 Å². The summed E-state index contributed by atoms with van der Waals surface area (Å²) in [5.41, 5.74) is 6.31. The average molecular weight is 309 g/mol. The van der Waals surface area contributed by atoms with Gasteiger partial charge in [0, 0.05) is 17.8 Å². The van der Waals surface area contributed by atoms with Crippen LogP contribution in [0, 0.1) is 0 Å². The van der Waals surface area contributed by atoms with Gasteiger partial charge in [-0.1, -0.05) is 84.9 Å². The lowest BCUT2D eigenvalue weighted by Gasteiger charge is -2.17. The zero-order chi connectivity index (χ0) is 16.2. The van der Waals surface area contributed by atoms with Crippen molar-refractivity contribution >= 4 is 0 Å². The van der Waals surface area contributed by atoms with E-state index < -0.39 is 0 Å². The van der Waals surface area contributed by atoms with Crippen LogP contribution in [-0.4, -0.2) is 4.98 Å². The van der Waals surface area contributed by atoms with Gasteiger partial charge >= 0.3 is 0 Å². The summed E-state index contributed by atoms with van der Waals surface area (Å²) in [6, 6.07) is 34.3. The monoisotopic (exact) mass is 309 g/mol. The smallest absolute Gasteiger partial charge is 0.0490 e. The van der Waals surface area contributed by atoms with Gasteiger partial charge in [0.25, 0.3) is 0 Å². The van der Waals surface area contributed by atoms with Crippen LogP contribution in [0.3, 0.4) is 0 Å². The van der Waals surface area contributed by atoms with E-state index in [0.717, 1.165) is 0 Å². The minimum Gasteiger partial charge on any atom is -0.364 e. The summed E-state index contributed by atoms with van der Waals surface area (Å²) < 4.78 is 0. The quantitative estimate of drug-likeness (QED) is 0.486. The number of aromatic nitrogens is 1. The fraction of sp³-hybridized carbons (Fsp3) is 0.0435. The van der Waals surface area contributed by atoms with Crippen molar-refractivity contribution in [2.75, 3.05) is 0 Å². The van der Waals surface area contributed by atoms with E-state index in [-0.39, 0.29) is 5.92 Å². The van der Waals surface area contributed by atoms with Gasteiger partial charge < -0.3 is 4.98 Å². The van der Waals surface area contributed by atoms with Crippen LogP contribution >= 0.6 is 0 Å². The second-order valence-electron chi connectivity index (χ2n) is 5.96. The lowest BCUT2D eigenvalue weighted by Crippen LogP contribution is -2.03. The van der Waals surface area contributed by atoms with Crippen molar-refractivity contribution in [2.24, 2.45) is 0 Å². The van der Waals surface area contributed by atoms with Crippen LogP contribution in [0.4, 0.5) is 0 Å². The SMILES string of the molecule is c1ccc(-c2ccc(C(c3ccccc3)c3ccc[nH]3)cc2)cc1. The second-order valence-corrected chi connectivity index (χ2v) is 5.96. The summed E-state index contributed by atoms with van der Waals surface area (Å²) in [5.74, 6) is 0.228. The van der Waals surface area contributed by atoms with E-state index in [1.165, 1.54) is 27.9 Å². The van der Waals surface area contributed by atoms with Crippen LogP contribution in [0.15, 0.2) is 103 Å². The molecule has 0 amide bonds. The van der Waals surface area contributed by atoms with Crippen molar-refractivity contribution in [1.29, 1.82) is 0 Å². The highest BCUT2D eigenvalue weighted by molar-refractivity contribution is 5.64. The van der Waals surface area contributed by atoms with Crippen molar-refractivity contribution in [3.05, 3.63) is 120 Å². The number of hydrogen-bond donors (Lipinski definition) is 1. The third-order valence-electron chi connectivity index (χ3n) is 4.42. The Morgan fingerprint density at radius 1 is 0.500 bits per heavy atom. The molecule has 24 heavy (non-hydrogen) atoms. The summed E-state index contributed by atoms with van der Waals surface area (Å²) in [6.45, 7) is 0. The molecular weight excluding hydrogens is 290 g/mol. The maximum atomic E-state index is 3.38. The Morgan fingerprint density at radius 3 is 1.71 bits per heavy atom. The highest BCUT2D eigenvalue weighted by Gasteiger charge is 2.17. The van der Waals surface area contributed by atoms with Gasteiger partial charge in [-0.25, -0.2) is 0 Å². The molecule has 1 N–H and O–H groups in total. The van der Waals surface area contributed by atoms with Crippen molar-refractivity contribution in [1.82, 2.24) is 4.98 Å². The van der Waals surface area contributed by atoms with Crippen LogP contribution in [0.1, 0.15) is 22.7 Å². The number of benzene rings is 3. The molecule has 0 radical (unpaired) electrons. The van der Waals surface area contributed by atoms with Crippen LogP contribution in [0.25, 0.3) is 11.1 Å². The number of rotatable bonds is 4. The second kappa shape index (κ2) is 6.59. The fourth-order valence-corrected chi connectivity index (χ4v) is 3.22. The van der Waals surface area contributed by atoms with Crippen LogP contribution < -0.4 is 0 Å². The molecule has 1 unspecified atom stereocenters. The third kappa shape index (κ3) is 2.89. The number of hydrogen-bond acceptors (Lipinski definition) is 0. The van der Waals surface area contributed by atoms with E-state index in [0.29, 0.717) is 0 Å². The predicted molar refractivity (Wildman–Crippen MR) is 100 cm³/mol. The van der Waals surface area contributed by atoms with Gasteiger partial charge in [-0.3, -0.25) is 0 Å². The van der Waals surface area contributed by atoms with Crippen LogP contribution in [0.5, 0.6) is 0 Å². The zero-order valence-electron chi connectivity index (χ0n) is 13.4. The van der Waals surface area contributed by atoms with Gasteiger partial charge in [0.05, 0.1) is 0 Å². The molecule has 3 aromatic carbocycles. The van der Waals surface area contributed by atoms with Crippen molar-refractivity contribution < 1.29 is 0 Å². The highest BCUT2D eigenvalue weighted by Crippen LogP contribution is 2.32. The molecule has 1 nitrogen and oxygen atoms in total. The predicted octanol–water partition coefficient (Wildman–Crippen LogP) is 5.86. The molecule has 0 fully saturated rings. The van der Waals surface area contributed by atoms with Gasteiger partial charge in [-0.15, -0.1) is 0 Å². The molecule has 4 aromatic rings. The Morgan fingerprint density at radius 2 is 1.08 bits per heavy atom. The largest absolute Gasteiger partial charge is 0.364 e. The fourth-order valence-electron chi connectivity index (χ4n) is 3.22. The molecule has 0 saturated heterocycles. The normalized spacial score (nSPS) is 12.0. The molecule has 1 heterocycles. The minimum atomic E-state index is 0.228. The molecule has 0 bridgehead atoms. The summed E-state index contributed by atoms with van der Waals surface area (Å²) in [7, 11) is 0. The van der Waals surface area contributed by atoms with E-state index >= 15 is 0 Å². The van der Waals surface area contributed by atoms with Gasteiger partial charge in [-0.2, -0.15) is 0 Å². The number of nitrogens with one attached hydrogen (secondary N) is 1. The van der Waals surface area contributed by atoms with E-state index in [2.05, 4.69) is 102 Å². The summed E-state index contributed by atoms with van der Waals surface area (Å²) in [4.78, 5) is 3.38. The molecule has 1 aromatic heterocycles. The Bertz CT molecular complexity index is 876. The van der Waals surface area contributed by atoms with E-state index in [4.69, 9.17) is 0 Å². The topological polar surface area (TPSA) is 15.8 Å². The molecule has 1 atom stereocenters. The molecule has 0 aliphatic rings. The lowest BCUT2D eigenvalue weighted by molar-refractivity contribution is 0.933. The van der Waals surface area contributed by atoms with Crippen molar-refractivity contribution in [3.8, 4) is 11.1 Å². The first-order valence-corrected chi connectivity index (χ1v) is 8.25. The molecule has 0 saturated carbocycles. The van der Waals surface area contributed by atoms with Crippen molar-refractivity contribution in [2.45, 2.75) is 5.92 Å². The Balaban J connectivity index is 1.74. The van der Waals surface area contributed by atoms with Gasteiger partial charge in [0.15, 0.2) is 0 Å². The molecule has 116 valence electrons. The summed E-state index contributed by atoms with van der Waals surface area (Å²) >= 11 is 0. The first kappa shape index (κ1) is 14.5. The van der Waals surface area contributed by atoms with E-state index in [1.54, 1.807) is 0 Å². The summed E-state index contributed by atoms with van der Waals surface area (Å²) in [5, 5.41) is 0. The van der Waals surface area contributed by atoms with Gasteiger partial charge in [-0.05, 0) is 34.4 Å². The third-order valence-corrected chi connectivity index (χ3v) is 4.42. The van der Waals surface area contributed by atoms with Gasteiger partial charge in [0.2, 0.25) is 0 Å². The Labute approximate surface area is 142 Å². The Kier molecular flexibility index (Phi) is 3.99. The number of aromatic amines is 1. The molecule has 0 aliphatic heterocycles. The zero-order valence-corrected chi connectivity index (χ0v) is 13.4. The number of H-pyrrole nitrogens is 1. The molecule has 0 aliphatic carbocycles. The molecular formula is C23H19N. The first-order valence-electron chi connectivity index (χ1n) is 8.25.